The Labute approximate surface area is 127 Å². The van der Waals surface area contributed by atoms with Crippen molar-refractivity contribution in [3.8, 4) is 6.07 Å². The minimum absolute atomic E-state index is 0.0231. The SMILES string of the molecule is N#Cc1ccc(Cl)c(S(=O)(=O)N2CCCC2CC(=O)O)c1. The Morgan fingerprint density at radius 2 is 2.24 bits per heavy atom. The summed E-state index contributed by atoms with van der Waals surface area (Å²) in [6, 6.07) is 5.29. The summed E-state index contributed by atoms with van der Waals surface area (Å²) >= 11 is 5.94. The first-order chi connectivity index (χ1) is 9.86. The average Bonchev–Trinajstić information content (AvgIpc) is 2.87. The summed E-state index contributed by atoms with van der Waals surface area (Å²) in [5, 5.41) is 17.8. The minimum atomic E-state index is -3.91. The van der Waals surface area contributed by atoms with Crippen molar-refractivity contribution in [3.63, 3.8) is 0 Å². The molecular weight excluding hydrogens is 316 g/mol. The number of carbonyl (C=O) groups is 1. The molecule has 1 N–H and O–H groups in total. The predicted octanol–water partition coefficient (Wildman–Crippen LogP) is 1.84. The zero-order valence-corrected chi connectivity index (χ0v) is 12.6. The maximum atomic E-state index is 12.7. The molecule has 1 unspecified atom stereocenters. The molecule has 1 aliphatic rings. The van der Waals surface area contributed by atoms with Crippen molar-refractivity contribution in [2.24, 2.45) is 0 Å². The fourth-order valence-corrected chi connectivity index (χ4v) is 4.62. The lowest BCUT2D eigenvalue weighted by Gasteiger charge is -2.23. The highest BCUT2D eigenvalue weighted by molar-refractivity contribution is 7.89. The Morgan fingerprint density at radius 1 is 1.52 bits per heavy atom. The van der Waals surface area contributed by atoms with E-state index in [1.54, 1.807) is 0 Å². The quantitative estimate of drug-likeness (QED) is 0.909. The first kappa shape index (κ1) is 15.8. The highest BCUT2D eigenvalue weighted by Gasteiger charge is 2.37. The average molecular weight is 329 g/mol. The molecule has 1 atom stereocenters. The van der Waals surface area contributed by atoms with Crippen LogP contribution in [0.3, 0.4) is 0 Å². The topological polar surface area (TPSA) is 98.5 Å². The molecule has 1 saturated heterocycles. The van der Waals surface area contributed by atoms with Crippen molar-refractivity contribution >= 4 is 27.6 Å². The molecule has 0 saturated carbocycles. The third kappa shape index (κ3) is 3.18. The fourth-order valence-electron chi connectivity index (χ4n) is 2.43. The fraction of sp³-hybridized carbons (Fsp3) is 0.385. The van der Waals surface area contributed by atoms with Gasteiger partial charge in [-0.05, 0) is 31.0 Å². The molecule has 8 heteroatoms. The van der Waals surface area contributed by atoms with E-state index in [9.17, 15) is 13.2 Å². The molecule has 1 heterocycles. The normalized spacial score (nSPS) is 19.3. The summed E-state index contributed by atoms with van der Waals surface area (Å²) in [6.45, 7) is 0.257. The molecule has 21 heavy (non-hydrogen) atoms. The first-order valence-corrected chi connectivity index (χ1v) is 8.11. The number of sulfonamides is 1. The molecule has 0 spiro atoms. The molecule has 6 nitrogen and oxygen atoms in total. The molecule has 0 radical (unpaired) electrons. The standard InChI is InChI=1S/C13H13ClN2O4S/c14-11-4-3-9(8-15)6-12(11)21(19,20)16-5-1-2-10(16)7-13(17)18/h3-4,6,10H,1-2,5,7H2,(H,17,18). The van der Waals surface area contributed by atoms with Gasteiger partial charge in [-0.1, -0.05) is 11.6 Å². The second-order valence-corrected chi connectivity index (χ2v) is 7.03. The van der Waals surface area contributed by atoms with Crippen molar-refractivity contribution in [2.75, 3.05) is 6.54 Å². The van der Waals surface area contributed by atoms with Gasteiger partial charge in [0.15, 0.2) is 0 Å². The molecule has 1 aromatic rings. The van der Waals surface area contributed by atoms with Gasteiger partial charge in [0.05, 0.1) is 23.1 Å². The maximum Gasteiger partial charge on any atom is 0.304 e. The van der Waals surface area contributed by atoms with Crippen molar-refractivity contribution < 1.29 is 18.3 Å². The summed E-state index contributed by atoms with van der Waals surface area (Å²) in [4.78, 5) is 10.7. The van der Waals surface area contributed by atoms with Gasteiger partial charge in [0.2, 0.25) is 10.0 Å². The van der Waals surface area contributed by atoms with E-state index in [0.29, 0.717) is 12.8 Å². The van der Waals surface area contributed by atoms with Crippen LogP contribution in [0.25, 0.3) is 0 Å². The molecule has 0 bridgehead atoms. The molecule has 2 rings (SSSR count). The Morgan fingerprint density at radius 3 is 2.86 bits per heavy atom. The lowest BCUT2D eigenvalue weighted by Crippen LogP contribution is -2.37. The number of nitrogens with zero attached hydrogens (tertiary/aromatic N) is 2. The number of hydrogen-bond donors (Lipinski definition) is 1. The van der Waals surface area contributed by atoms with E-state index >= 15 is 0 Å². The summed E-state index contributed by atoms with van der Waals surface area (Å²) in [6.07, 6.45) is 0.864. The van der Waals surface area contributed by atoms with Crippen LogP contribution in [0.5, 0.6) is 0 Å². The zero-order chi connectivity index (χ0) is 15.6. The Bertz CT molecular complexity index is 711. The van der Waals surface area contributed by atoms with E-state index in [2.05, 4.69) is 0 Å². The highest BCUT2D eigenvalue weighted by atomic mass is 35.5. The van der Waals surface area contributed by atoms with E-state index in [4.69, 9.17) is 22.0 Å². The number of benzene rings is 1. The minimum Gasteiger partial charge on any atom is -0.481 e. The lowest BCUT2D eigenvalue weighted by molar-refractivity contribution is -0.137. The summed E-state index contributed by atoms with van der Waals surface area (Å²) in [5.41, 5.74) is 0.187. The van der Waals surface area contributed by atoms with Crippen LogP contribution >= 0.6 is 11.6 Å². The number of halogens is 1. The molecular formula is C13H13ClN2O4S. The summed E-state index contributed by atoms with van der Waals surface area (Å²) < 4.78 is 26.5. The van der Waals surface area contributed by atoms with Crippen LogP contribution in [0.1, 0.15) is 24.8 Å². The van der Waals surface area contributed by atoms with Gasteiger partial charge in [0.1, 0.15) is 4.90 Å². The van der Waals surface area contributed by atoms with Crippen LogP contribution in [0.4, 0.5) is 0 Å². The van der Waals surface area contributed by atoms with Crippen molar-refractivity contribution in [1.29, 1.82) is 5.26 Å². The van der Waals surface area contributed by atoms with Crippen LogP contribution in [0.15, 0.2) is 23.1 Å². The van der Waals surface area contributed by atoms with Crippen LogP contribution in [-0.2, 0) is 14.8 Å². The van der Waals surface area contributed by atoms with Crippen molar-refractivity contribution in [1.82, 2.24) is 4.31 Å². The zero-order valence-electron chi connectivity index (χ0n) is 11.0. The van der Waals surface area contributed by atoms with E-state index in [1.165, 1.54) is 22.5 Å². The van der Waals surface area contributed by atoms with Crippen molar-refractivity contribution in [3.05, 3.63) is 28.8 Å². The van der Waals surface area contributed by atoms with Crippen LogP contribution in [0, 0.1) is 11.3 Å². The van der Waals surface area contributed by atoms with E-state index in [1.807, 2.05) is 6.07 Å². The number of nitriles is 1. The smallest absolute Gasteiger partial charge is 0.304 e. The molecule has 1 aromatic carbocycles. The van der Waals surface area contributed by atoms with E-state index in [-0.39, 0.29) is 28.4 Å². The number of rotatable bonds is 4. The van der Waals surface area contributed by atoms with Crippen molar-refractivity contribution in [2.45, 2.75) is 30.2 Å². The molecule has 1 aliphatic heterocycles. The van der Waals surface area contributed by atoms with E-state index in [0.717, 1.165) is 0 Å². The van der Waals surface area contributed by atoms with Crippen LogP contribution in [-0.4, -0.2) is 36.4 Å². The lowest BCUT2D eigenvalue weighted by atomic mass is 10.2. The maximum absolute atomic E-state index is 12.7. The Balaban J connectivity index is 2.42. The van der Waals surface area contributed by atoms with Gasteiger partial charge in [-0.3, -0.25) is 4.79 Å². The predicted molar refractivity (Wildman–Crippen MR) is 75.3 cm³/mol. The summed E-state index contributed by atoms with van der Waals surface area (Å²) in [5.74, 6) is -1.04. The Hall–Kier alpha value is -1.62. The van der Waals surface area contributed by atoms with Gasteiger partial charge in [0, 0.05) is 12.6 Å². The summed E-state index contributed by atoms with van der Waals surface area (Å²) in [7, 11) is -3.91. The Kier molecular flexibility index (Phi) is 4.52. The van der Waals surface area contributed by atoms with E-state index < -0.39 is 22.0 Å². The van der Waals surface area contributed by atoms with Gasteiger partial charge in [-0.2, -0.15) is 9.57 Å². The number of carboxylic acids is 1. The molecule has 112 valence electrons. The highest BCUT2D eigenvalue weighted by Crippen LogP contribution is 2.31. The first-order valence-electron chi connectivity index (χ1n) is 6.29. The number of hydrogen-bond acceptors (Lipinski definition) is 4. The third-order valence-corrected chi connectivity index (χ3v) is 5.81. The number of carboxylic acid groups (broad SMARTS) is 1. The molecule has 0 amide bonds. The van der Waals surface area contributed by atoms with Gasteiger partial charge in [-0.15, -0.1) is 0 Å². The largest absolute Gasteiger partial charge is 0.481 e. The van der Waals surface area contributed by atoms with Gasteiger partial charge >= 0.3 is 5.97 Å². The third-order valence-electron chi connectivity index (χ3n) is 3.38. The van der Waals surface area contributed by atoms with Gasteiger partial charge < -0.3 is 5.11 Å². The molecule has 1 fully saturated rings. The molecule has 0 aromatic heterocycles. The second kappa shape index (κ2) is 6.02. The van der Waals surface area contributed by atoms with Gasteiger partial charge in [-0.25, -0.2) is 8.42 Å². The second-order valence-electron chi connectivity index (χ2n) is 4.77. The monoisotopic (exact) mass is 328 g/mol. The van der Waals surface area contributed by atoms with Gasteiger partial charge in [0.25, 0.3) is 0 Å². The number of aliphatic carboxylic acids is 1. The van der Waals surface area contributed by atoms with Crippen LogP contribution < -0.4 is 0 Å². The molecule has 0 aliphatic carbocycles. The van der Waals surface area contributed by atoms with Crippen LogP contribution in [0.2, 0.25) is 5.02 Å².